The first-order valence-corrected chi connectivity index (χ1v) is 10.9. The van der Waals surface area contributed by atoms with Crippen molar-refractivity contribution in [2.24, 2.45) is 0 Å². The molecule has 1 unspecified atom stereocenters. The average molecular weight is 472 g/mol. The Morgan fingerprint density at radius 1 is 1.09 bits per heavy atom. The van der Waals surface area contributed by atoms with Gasteiger partial charge in [0, 0.05) is 17.3 Å². The summed E-state index contributed by atoms with van der Waals surface area (Å²) in [5, 5.41) is 3.18. The number of esters is 1. The molecule has 0 fully saturated rings. The van der Waals surface area contributed by atoms with E-state index in [1.165, 1.54) is 24.9 Å². The van der Waals surface area contributed by atoms with Crippen LogP contribution in [0.25, 0.3) is 0 Å². The number of nitrogens with one attached hydrogen (secondary N) is 1. The number of pyridine rings is 2. The second-order valence-electron chi connectivity index (χ2n) is 6.64. The molecule has 1 aliphatic heterocycles. The number of hydrogen-bond donors (Lipinski definition) is 1. The number of benzene rings is 1. The summed E-state index contributed by atoms with van der Waals surface area (Å²) >= 11 is 7.24. The van der Waals surface area contributed by atoms with Gasteiger partial charge in [-0.05, 0) is 49.4 Å². The quantitative estimate of drug-likeness (QED) is 0.421. The van der Waals surface area contributed by atoms with Gasteiger partial charge in [0.25, 0.3) is 5.91 Å². The molecule has 3 heterocycles. The Morgan fingerprint density at radius 3 is 2.66 bits per heavy atom. The van der Waals surface area contributed by atoms with Crippen molar-refractivity contribution in [1.82, 2.24) is 9.97 Å². The standard InChI is InChI=1S/C22H18ClN3O5S/c1-13(20(27)26-16-5-3-8-24-19(16)23)31-22(28)15-4-2-9-25-21(15)32-14-6-7-17-18(12-14)30-11-10-29-17/h2-9,12-13H,10-11H2,1H3,(H,26,27). The molecule has 1 aliphatic rings. The van der Waals surface area contributed by atoms with Gasteiger partial charge in [0.15, 0.2) is 22.8 Å². The van der Waals surface area contributed by atoms with E-state index < -0.39 is 18.0 Å². The molecule has 0 aliphatic carbocycles. The van der Waals surface area contributed by atoms with E-state index in [0.29, 0.717) is 35.4 Å². The van der Waals surface area contributed by atoms with E-state index in [4.69, 9.17) is 25.8 Å². The van der Waals surface area contributed by atoms with Crippen LogP contribution in [0.4, 0.5) is 5.69 Å². The van der Waals surface area contributed by atoms with Gasteiger partial charge in [-0.3, -0.25) is 4.79 Å². The summed E-state index contributed by atoms with van der Waals surface area (Å²) in [5.74, 6) is 0.117. The fourth-order valence-corrected chi connectivity index (χ4v) is 3.88. The lowest BCUT2D eigenvalue weighted by Crippen LogP contribution is -2.30. The van der Waals surface area contributed by atoms with Crippen LogP contribution in [0.2, 0.25) is 5.15 Å². The second kappa shape index (κ2) is 9.88. The minimum absolute atomic E-state index is 0.143. The Hall–Kier alpha value is -3.30. The highest BCUT2D eigenvalue weighted by atomic mass is 35.5. The van der Waals surface area contributed by atoms with Gasteiger partial charge in [-0.15, -0.1) is 0 Å². The molecule has 0 radical (unpaired) electrons. The van der Waals surface area contributed by atoms with E-state index in [1.54, 1.807) is 30.5 Å². The fourth-order valence-electron chi connectivity index (χ4n) is 2.82. The number of halogens is 1. The molecule has 0 saturated carbocycles. The van der Waals surface area contributed by atoms with E-state index >= 15 is 0 Å². The third kappa shape index (κ3) is 5.12. The topological polar surface area (TPSA) is 99.6 Å². The summed E-state index contributed by atoms with van der Waals surface area (Å²) < 4.78 is 16.5. The number of carbonyl (C=O) groups excluding carboxylic acids is 2. The number of carbonyl (C=O) groups is 2. The van der Waals surface area contributed by atoms with Crippen LogP contribution in [0, 0.1) is 0 Å². The molecule has 0 saturated heterocycles. The van der Waals surface area contributed by atoms with Crippen molar-refractivity contribution in [1.29, 1.82) is 0 Å². The van der Waals surface area contributed by atoms with Crippen molar-refractivity contribution in [2.45, 2.75) is 22.9 Å². The van der Waals surface area contributed by atoms with Crippen molar-refractivity contribution in [3.63, 3.8) is 0 Å². The largest absolute Gasteiger partial charge is 0.486 e. The number of aromatic nitrogens is 2. The number of fused-ring (bicyclic) bond motifs is 1. The lowest BCUT2D eigenvalue weighted by molar-refractivity contribution is -0.123. The van der Waals surface area contributed by atoms with Crippen molar-refractivity contribution in [2.75, 3.05) is 18.5 Å². The number of rotatable bonds is 6. The molecule has 10 heteroatoms. The first-order chi connectivity index (χ1) is 15.5. The van der Waals surface area contributed by atoms with Crippen LogP contribution in [0.3, 0.4) is 0 Å². The molecule has 1 amide bonds. The van der Waals surface area contributed by atoms with Crippen LogP contribution in [0.15, 0.2) is 64.8 Å². The number of nitrogens with zero attached hydrogens (tertiary/aromatic N) is 2. The summed E-state index contributed by atoms with van der Waals surface area (Å²) in [6.45, 7) is 2.46. The van der Waals surface area contributed by atoms with E-state index in [9.17, 15) is 9.59 Å². The Kier molecular flexibility index (Phi) is 6.77. The summed E-state index contributed by atoms with van der Waals surface area (Å²) in [4.78, 5) is 34.2. The van der Waals surface area contributed by atoms with Gasteiger partial charge in [0.1, 0.15) is 18.2 Å². The SMILES string of the molecule is CC(OC(=O)c1cccnc1Sc1ccc2c(c1)OCCO2)C(=O)Nc1cccnc1Cl. The highest BCUT2D eigenvalue weighted by Crippen LogP contribution is 2.37. The molecule has 2 aromatic heterocycles. The Morgan fingerprint density at radius 2 is 1.84 bits per heavy atom. The number of ether oxygens (including phenoxy) is 3. The zero-order chi connectivity index (χ0) is 22.5. The Labute approximate surface area is 193 Å². The number of hydrogen-bond acceptors (Lipinski definition) is 8. The highest BCUT2D eigenvalue weighted by molar-refractivity contribution is 7.99. The molecule has 164 valence electrons. The van der Waals surface area contributed by atoms with E-state index in [2.05, 4.69) is 15.3 Å². The van der Waals surface area contributed by atoms with Crippen LogP contribution < -0.4 is 14.8 Å². The molecule has 0 spiro atoms. The maximum absolute atomic E-state index is 12.8. The summed E-state index contributed by atoms with van der Waals surface area (Å²) in [6, 6.07) is 12.0. The molecule has 8 nitrogen and oxygen atoms in total. The third-order valence-electron chi connectivity index (χ3n) is 4.39. The number of anilines is 1. The second-order valence-corrected chi connectivity index (χ2v) is 8.06. The fraction of sp³-hybridized carbons (Fsp3) is 0.182. The van der Waals surface area contributed by atoms with Gasteiger partial charge in [0.2, 0.25) is 0 Å². The molecule has 32 heavy (non-hydrogen) atoms. The predicted molar refractivity (Wildman–Crippen MR) is 119 cm³/mol. The lowest BCUT2D eigenvalue weighted by Gasteiger charge is -2.19. The van der Waals surface area contributed by atoms with Crippen molar-refractivity contribution < 1.29 is 23.8 Å². The van der Waals surface area contributed by atoms with Crippen molar-refractivity contribution in [3.05, 3.63) is 65.6 Å². The number of amides is 1. The van der Waals surface area contributed by atoms with Crippen LogP contribution in [-0.2, 0) is 9.53 Å². The first kappa shape index (κ1) is 21.9. The van der Waals surface area contributed by atoms with Gasteiger partial charge in [-0.2, -0.15) is 0 Å². The summed E-state index contributed by atoms with van der Waals surface area (Å²) in [6.07, 6.45) is 2.02. The van der Waals surface area contributed by atoms with Gasteiger partial charge < -0.3 is 19.5 Å². The van der Waals surface area contributed by atoms with Crippen LogP contribution in [0.5, 0.6) is 11.5 Å². The minimum atomic E-state index is -1.06. The van der Waals surface area contributed by atoms with E-state index in [1.807, 2.05) is 18.2 Å². The zero-order valence-corrected chi connectivity index (χ0v) is 18.5. The normalized spacial score (nSPS) is 13.2. The summed E-state index contributed by atoms with van der Waals surface area (Å²) in [5.41, 5.74) is 0.574. The lowest BCUT2D eigenvalue weighted by atomic mass is 10.3. The zero-order valence-electron chi connectivity index (χ0n) is 16.9. The maximum atomic E-state index is 12.8. The monoisotopic (exact) mass is 471 g/mol. The van der Waals surface area contributed by atoms with Crippen LogP contribution in [-0.4, -0.2) is 41.2 Å². The van der Waals surface area contributed by atoms with Crippen molar-refractivity contribution >= 4 is 40.9 Å². The predicted octanol–water partition coefficient (Wildman–Crippen LogP) is 4.24. The van der Waals surface area contributed by atoms with Crippen molar-refractivity contribution in [3.8, 4) is 11.5 Å². The summed E-state index contributed by atoms with van der Waals surface area (Å²) in [7, 11) is 0. The molecule has 1 aromatic carbocycles. The third-order valence-corrected chi connectivity index (χ3v) is 5.70. The van der Waals surface area contributed by atoms with Gasteiger partial charge in [-0.25, -0.2) is 14.8 Å². The minimum Gasteiger partial charge on any atom is -0.486 e. The smallest absolute Gasteiger partial charge is 0.341 e. The van der Waals surface area contributed by atoms with Gasteiger partial charge in [-0.1, -0.05) is 23.4 Å². The van der Waals surface area contributed by atoms with E-state index in [0.717, 1.165) is 4.90 Å². The maximum Gasteiger partial charge on any atom is 0.341 e. The molecular weight excluding hydrogens is 454 g/mol. The average Bonchev–Trinajstić information content (AvgIpc) is 2.80. The van der Waals surface area contributed by atoms with Gasteiger partial charge in [0.05, 0.1) is 11.3 Å². The Bertz CT molecular complexity index is 1160. The molecular formula is C22H18ClN3O5S. The first-order valence-electron chi connectivity index (χ1n) is 9.66. The Balaban J connectivity index is 1.45. The van der Waals surface area contributed by atoms with E-state index in [-0.39, 0.29) is 10.7 Å². The molecule has 0 bridgehead atoms. The molecule has 1 atom stereocenters. The molecule has 4 rings (SSSR count). The molecule has 1 N–H and O–H groups in total. The van der Waals surface area contributed by atoms with Crippen LogP contribution in [0.1, 0.15) is 17.3 Å². The van der Waals surface area contributed by atoms with Gasteiger partial charge >= 0.3 is 5.97 Å². The molecule has 3 aromatic rings. The van der Waals surface area contributed by atoms with Crippen LogP contribution >= 0.6 is 23.4 Å². The highest BCUT2D eigenvalue weighted by Gasteiger charge is 2.23.